The van der Waals surface area contributed by atoms with E-state index in [0.29, 0.717) is 11.4 Å². The number of nitrogens with one attached hydrogen (secondary N) is 1. The fourth-order valence-electron chi connectivity index (χ4n) is 1.71. The quantitative estimate of drug-likeness (QED) is 0.833. The molecule has 0 saturated carbocycles. The average Bonchev–Trinajstić information content (AvgIpc) is 2.37. The van der Waals surface area contributed by atoms with Crippen LogP contribution in [-0.2, 0) is 4.79 Å². The van der Waals surface area contributed by atoms with Gasteiger partial charge in [0.05, 0.1) is 13.0 Å². The molecule has 0 aliphatic carbocycles. The number of carbonyl (C=O) groups excluding carboxylic acids is 1. The molecule has 2 aromatic rings. The standard InChI is InChI=1S/C15H14F2N2O2/c16-10-6-11(17)8-14(7-10)21-5-4-15(20)19-13-3-1-2-12(18)9-13/h1-3,6-9H,4-5,18H2,(H,19,20). The van der Waals surface area contributed by atoms with Crippen LogP contribution in [0.2, 0.25) is 0 Å². The van der Waals surface area contributed by atoms with Crippen molar-refractivity contribution in [1.29, 1.82) is 0 Å². The highest BCUT2D eigenvalue weighted by molar-refractivity contribution is 5.91. The first-order chi connectivity index (χ1) is 10.0. The largest absolute Gasteiger partial charge is 0.493 e. The molecule has 0 atom stereocenters. The number of nitrogen functional groups attached to an aromatic ring is 1. The SMILES string of the molecule is Nc1cccc(NC(=O)CCOc2cc(F)cc(F)c2)c1. The molecule has 0 radical (unpaired) electrons. The van der Waals surface area contributed by atoms with Gasteiger partial charge < -0.3 is 15.8 Å². The molecule has 4 nitrogen and oxygen atoms in total. The highest BCUT2D eigenvalue weighted by Gasteiger charge is 2.05. The maximum absolute atomic E-state index is 12.9. The number of hydrogen-bond acceptors (Lipinski definition) is 3. The Kier molecular flexibility index (Phi) is 4.71. The molecule has 2 rings (SSSR count). The molecule has 110 valence electrons. The molecule has 3 N–H and O–H groups in total. The number of anilines is 2. The predicted octanol–water partition coefficient (Wildman–Crippen LogP) is 2.95. The molecule has 6 heteroatoms. The lowest BCUT2D eigenvalue weighted by Gasteiger charge is -2.08. The number of carbonyl (C=O) groups is 1. The fourth-order valence-corrected chi connectivity index (χ4v) is 1.71. The van der Waals surface area contributed by atoms with E-state index in [2.05, 4.69) is 5.32 Å². The lowest BCUT2D eigenvalue weighted by molar-refractivity contribution is -0.116. The van der Waals surface area contributed by atoms with Gasteiger partial charge in [0.2, 0.25) is 5.91 Å². The number of benzene rings is 2. The van der Waals surface area contributed by atoms with Crippen LogP contribution in [0.1, 0.15) is 6.42 Å². The zero-order valence-electron chi connectivity index (χ0n) is 11.1. The Morgan fingerprint density at radius 1 is 1.14 bits per heavy atom. The maximum atomic E-state index is 12.9. The van der Waals surface area contributed by atoms with E-state index in [1.165, 1.54) is 0 Å². The van der Waals surface area contributed by atoms with Crippen LogP contribution < -0.4 is 15.8 Å². The van der Waals surface area contributed by atoms with Crippen molar-refractivity contribution >= 4 is 17.3 Å². The second-order valence-corrected chi connectivity index (χ2v) is 4.38. The van der Waals surface area contributed by atoms with Gasteiger partial charge in [-0.2, -0.15) is 0 Å². The molecule has 21 heavy (non-hydrogen) atoms. The Morgan fingerprint density at radius 2 is 1.86 bits per heavy atom. The minimum Gasteiger partial charge on any atom is -0.493 e. The van der Waals surface area contributed by atoms with Crippen LogP contribution in [-0.4, -0.2) is 12.5 Å². The second kappa shape index (κ2) is 6.69. The molecule has 1 amide bonds. The summed E-state index contributed by atoms with van der Waals surface area (Å²) in [6.07, 6.45) is 0.0485. The fraction of sp³-hybridized carbons (Fsp3) is 0.133. The topological polar surface area (TPSA) is 64.3 Å². The van der Waals surface area contributed by atoms with Gasteiger partial charge in [-0.05, 0) is 18.2 Å². The molecule has 0 bridgehead atoms. The van der Waals surface area contributed by atoms with Gasteiger partial charge in [0.15, 0.2) is 0 Å². The molecule has 0 fully saturated rings. The first-order valence-electron chi connectivity index (χ1n) is 6.27. The Morgan fingerprint density at radius 3 is 2.52 bits per heavy atom. The third-order valence-corrected chi connectivity index (χ3v) is 2.60. The first-order valence-corrected chi connectivity index (χ1v) is 6.27. The van der Waals surface area contributed by atoms with E-state index >= 15 is 0 Å². The van der Waals surface area contributed by atoms with Gasteiger partial charge in [-0.3, -0.25) is 4.79 Å². The number of halogens is 2. The third kappa shape index (κ3) is 4.76. The van der Waals surface area contributed by atoms with Crippen LogP contribution in [0.5, 0.6) is 5.75 Å². The normalized spacial score (nSPS) is 10.2. The Labute approximate surface area is 120 Å². The van der Waals surface area contributed by atoms with E-state index < -0.39 is 11.6 Å². The molecule has 0 aliphatic rings. The number of rotatable bonds is 5. The van der Waals surface area contributed by atoms with Crippen molar-refractivity contribution < 1.29 is 18.3 Å². The lowest BCUT2D eigenvalue weighted by atomic mass is 10.2. The van der Waals surface area contributed by atoms with Gasteiger partial charge in [0.25, 0.3) is 0 Å². The lowest BCUT2D eigenvalue weighted by Crippen LogP contribution is -2.15. The summed E-state index contributed by atoms with van der Waals surface area (Å²) in [4.78, 5) is 11.7. The predicted molar refractivity (Wildman–Crippen MR) is 76.0 cm³/mol. The van der Waals surface area contributed by atoms with Crippen LogP contribution >= 0.6 is 0 Å². The van der Waals surface area contributed by atoms with Crippen molar-refractivity contribution in [2.75, 3.05) is 17.7 Å². The second-order valence-electron chi connectivity index (χ2n) is 4.38. The molecule has 0 aromatic heterocycles. The molecule has 0 spiro atoms. The summed E-state index contributed by atoms with van der Waals surface area (Å²) >= 11 is 0. The zero-order valence-corrected chi connectivity index (χ0v) is 11.1. The minimum atomic E-state index is -0.728. The molecule has 0 aliphatic heterocycles. The third-order valence-electron chi connectivity index (χ3n) is 2.60. The summed E-state index contributed by atoms with van der Waals surface area (Å²) in [5.74, 6) is -1.69. The van der Waals surface area contributed by atoms with Crippen molar-refractivity contribution in [1.82, 2.24) is 0 Å². The Bertz CT molecular complexity index is 627. The van der Waals surface area contributed by atoms with Gasteiger partial charge in [-0.1, -0.05) is 6.07 Å². The number of amides is 1. The van der Waals surface area contributed by atoms with Crippen LogP contribution in [0.15, 0.2) is 42.5 Å². The summed E-state index contributed by atoms with van der Waals surface area (Å²) in [5.41, 5.74) is 6.71. The monoisotopic (exact) mass is 292 g/mol. The minimum absolute atomic E-state index is 0.0110. The van der Waals surface area contributed by atoms with Crippen molar-refractivity contribution in [2.24, 2.45) is 0 Å². The maximum Gasteiger partial charge on any atom is 0.227 e. The zero-order chi connectivity index (χ0) is 15.2. The molecular weight excluding hydrogens is 278 g/mol. The van der Waals surface area contributed by atoms with Crippen molar-refractivity contribution in [2.45, 2.75) is 6.42 Å². The first kappa shape index (κ1) is 14.8. The summed E-state index contributed by atoms with van der Waals surface area (Å²) in [7, 11) is 0. The van der Waals surface area contributed by atoms with E-state index in [1.807, 2.05) is 0 Å². The van der Waals surface area contributed by atoms with Crippen molar-refractivity contribution in [3.05, 3.63) is 54.1 Å². The van der Waals surface area contributed by atoms with Crippen LogP contribution in [0, 0.1) is 11.6 Å². The van der Waals surface area contributed by atoms with Crippen LogP contribution in [0.3, 0.4) is 0 Å². The number of hydrogen-bond donors (Lipinski definition) is 2. The highest BCUT2D eigenvalue weighted by atomic mass is 19.1. The van der Waals surface area contributed by atoms with E-state index in [1.54, 1.807) is 24.3 Å². The highest BCUT2D eigenvalue weighted by Crippen LogP contribution is 2.16. The smallest absolute Gasteiger partial charge is 0.227 e. The van der Waals surface area contributed by atoms with Gasteiger partial charge >= 0.3 is 0 Å². The van der Waals surface area contributed by atoms with Crippen molar-refractivity contribution in [3.63, 3.8) is 0 Å². The summed E-state index contributed by atoms with van der Waals surface area (Å²) in [6, 6.07) is 9.61. The average molecular weight is 292 g/mol. The van der Waals surface area contributed by atoms with E-state index in [0.717, 1.165) is 18.2 Å². The van der Waals surface area contributed by atoms with Gasteiger partial charge in [-0.15, -0.1) is 0 Å². The molecule has 0 unspecified atom stereocenters. The van der Waals surface area contributed by atoms with Crippen LogP contribution in [0.4, 0.5) is 20.2 Å². The van der Waals surface area contributed by atoms with Gasteiger partial charge in [-0.25, -0.2) is 8.78 Å². The Hall–Kier alpha value is -2.63. The molecular formula is C15H14F2N2O2. The van der Waals surface area contributed by atoms with E-state index in [4.69, 9.17) is 10.5 Å². The van der Waals surface area contributed by atoms with Crippen LogP contribution in [0.25, 0.3) is 0 Å². The van der Waals surface area contributed by atoms with E-state index in [9.17, 15) is 13.6 Å². The summed E-state index contributed by atoms with van der Waals surface area (Å²) < 4.78 is 31.0. The number of nitrogens with two attached hydrogens (primary N) is 1. The summed E-state index contributed by atoms with van der Waals surface area (Å²) in [6.45, 7) is 0.0110. The molecule has 0 saturated heterocycles. The number of ether oxygens (including phenoxy) is 1. The molecule has 2 aromatic carbocycles. The van der Waals surface area contributed by atoms with E-state index in [-0.39, 0.29) is 24.7 Å². The summed E-state index contributed by atoms with van der Waals surface area (Å²) in [5, 5.41) is 2.64. The molecule has 0 heterocycles. The van der Waals surface area contributed by atoms with Gasteiger partial charge in [0.1, 0.15) is 17.4 Å². The Balaban J connectivity index is 1.81. The van der Waals surface area contributed by atoms with Gasteiger partial charge in [0, 0.05) is 29.6 Å². The van der Waals surface area contributed by atoms with Crippen molar-refractivity contribution in [3.8, 4) is 5.75 Å².